The molecule has 0 atom stereocenters. The fourth-order valence-electron chi connectivity index (χ4n) is 1.15. The highest BCUT2D eigenvalue weighted by Gasteiger charge is 2.18. The second-order valence-electron chi connectivity index (χ2n) is 3.11. The first-order valence-electron chi connectivity index (χ1n) is 4.85. The predicted octanol–water partition coefficient (Wildman–Crippen LogP) is 2.13. The third kappa shape index (κ3) is 2.70. The van der Waals surface area contributed by atoms with E-state index in [9.17, 15) is 4.79 Å². The zero-order valence-corrected chi connectivity index (χ0v) is 9.30. The van der Waals surface area contributed by atoms with Crippen molar-refractivity contribution >= 4 is 11.7 Å². The minimum absolute atomic E-state index is 0.175. The van der Waals surface area contributed by atoms with Crippen molar-refractivity contribution in [3.8, 4) is 0 Å². The van der Waals surface area contributed by atoms with Crippen molar-refractivity contribution in [3.63, 3.8) is 0 Å². The standard InChI is InChI=1S/C11H16N2O2/c1-4-12(2)11(14)13(15-3)10-8-6-5-7-9-10/h5-9H,4H2,1-3H3. The van der Waals surface area contributed by atoms with Crippen molar-refractivity contribution in [2.45, 2.75) is 6.92 Å². The molecule has 1 aromatic carbocycles. The number of anilines is 1. The molecule has 0 aliphatic rings. The van der Waals surface area contributed by atoms with E-state index >= 15 is 0 Å². The van der Waals surface area contributed by atoms with E-state index in [0.29, 0.717) is 6.54 Å². The number of hydroxylamine groups is 1. The zero-order chi connectivity index (χ0) is 11.3. The van der Waals surface area contributed by atoms with Gasteiger partial charge >= 0.3 is 6.03 Å². The molecule has 0 bridgehead atoms. The summed E-state index contributed by atoms with van der Waals surface area (Å²) in [4.78, 5) is 18.5. The van der Waals surface area contributed by atoms with Gasteiger partial charge < -0.3 is 4.90 Å². The quantitative estimate of drug-likeness (QED) is 0.713. The van der Waals surface area contributed by atoms with Crippen LogP contribution in [0.25, 0.3) is 0 Å². The monoisotopic (exact) mass is 208 g/mol. The van der Waals surface area contributed by atoms with E-state index in [4.69, 9.17) is 4.84 Å². The summed E-state index contributed by atoms with van der Waals surface area (Å²) in [5.74, 6) is 0. The first kappa shape index (κ1) is 11.5. The van der Waals surface area contributed by atoms with E-state index in [-0.39, 0.29) is 6.03 Å². The maximum absolute atomic E-state index is 11.8. The summed E-state index contributed by atoms with van der Waals surface area (Å²) in [5, 5.41) is 1.27. The Morgan fingerprint density at radius 2 is 1.93 bits per heavy atom. The first-order valence-corrected chi connectivity index (χ1v) is 4.85. The van der Waals surface area contributed by atoms with E-state index in [1.807, 2.05) is 37.3 Å². The zero-order valence-electron chi connectivity index (χ0n) is 9.30. The van der Waals surface area contributed by atoms with Crippen molar-refractivity contribution < 1.29 is 9.63 Å². The lowest BCUT2D eigenvalue weighted by molar-refractivity contribution is 0.143. The largest absolute Gasteiger partial charge is 0.348 e. The second kappa shape index (κ2) is 5.36. The van der Waals surface area contributed by atoms with Gasteiger partial charge in [-0.3, -0.25) is 4.84 Å². The Kier molecular flexibility index (Phi) is 4.12. The molecule has 0 fully saturated rings. The normalized spacial score (nSPS) is 9.80. The SMILES string of the molecule is CCN(C)C(=O)N(OC)c1ccccc1. The van der Waals surface area contributed by atoms with Crippen molar-refractivity contribution in [1.82, 2.24) is 4.90 Å². The van der Waals surface area contributed by atoms with Crippen LogP contribution in [0.3, 0.4) is 0 Å². The summed E-state index contributed by atoms with van der Waals surface area (Å²) < 4.78 is 0. The van der Waals surface area contributed by atoms with Crippen LogP contribution < -0.4 is 5.06 Å². The van der Waals surface area contributed by atoms with Gasteiger partial charge in [0, 0.05) is 13.6 Å². The number of carbonyl (C=O) groups excluding carboxylic acids is 1. The Balaban J connectivity index is 2.85. The molecular formula is C11H16N2O2. The van der Waals surface area contributed by atoms with Gasteiger partial charge in [-0.1, -0.05) is 18.2 Å². The molecule has 82 valence electrons. The third-order valence-corrected chi connectivity index (χ3v) is 2.15. The molecule has 0 aliphatic carbocycles. The van der Waals surface area contributed by atoms with Gasteiger partial charge in [0.05, 0.1) is 12.8 Å². The highest BCUT2D eigenvalue weighted by atomic mass is 16.7. The van der Waals surface area contributed by atoms with Crippen LogP contribution in [0, 0.1) is 0 Å². The summed E-state index contributed by atoms with van der Waals surface area (Å²) in [7, 11) is 3.21. The maximum atomic E-state index is 11.8. The molecule has 4 nitrogen and oxygen atoms in total. The predicted molar refractivity (Wildman–Crippen MR) is 59.6 cm³/mol. The van der Waals surface area contributed by atoms with Crippen LogP contribution in [0.15, 0.2) is 30.3 Å². The Bertz CT molecular complexity index is 314. The molecule has 0 aliphatic heterocycles. The molecule has 0 heterocycles. The minimum atomic E-state index is -0.175. The highest BCUT2D eigenvalue weighted by molar-refractivity contribution is 5.89. The molecule has 0 spiro atoms. The van der Waals surface area contributed by atoms with E-state index in [1.54, 1.807) is 11.9 Å². The van der Waals surface area contributed by atoms with Crippen LogP contribution >= 0.6 is 0 Å². The molecule has 1 rings (SSSR count). The fourth-order valence-corrected chi connectivity index (χ4v) is 1.15. The molecule has 4 heteroatoms. The van der Waals surface area contributed by atoms with Gasteiger partial charge in [0.1, 0.15) is 0 Å². The van der Waals surface area contributed by atoms with E-state index in [2.05, 4.69) is 0 Å². The Hall–Kier alpha value is -1.55. The molecule has 2 amide bonds. The lowest BCUT2D eigenvalue weighted by atomic mass is 10.3. The van der Waals surface area contributed by atoms with Crippen LogP contribution in [-0.2, 0) is 4.84 Å². The molecule has 0 unspecified atom stereocenters. The average molecular weight is 208 g/mol. The molecule has 0 saturated heterocycles. The number of nitrogens with zero attached hydrogens (tertiary/aromatic N) is 2. The van der Waals surface area contributed by atoms with Crippen LogP contribution in [-0.4, -0.2) is 31.6 Å². The molecule has 1 aromatic rings. The summed E-state index contributed by atoms with van der Waals surface area (Å²) in [5.41, 5.74) is 0.727. The van der Waals surface area contributed by atoms with Gasteiger partial charge in [0.25, 0.3) is 0 Å². The first-order chi connectivity index (χ1) is 7.20. The van der Waals surface area contributed by atoms with Crippen LogP contribution in [0.4, 0.5) is 10.5 Å². The number of hydrogen-bond donors (Lipinski definition) is 0. The molecule has 0 saturated carbocycles. The molecule has 0 N–H and O–H groups in total. The maximum Gasteiger partial charge on any atom is 0.348 e. The van der Waals surface area contributed by atoms with Crippen molar-refractivity contribution in [1.29, 1.82) is 0 Å². The van der Waals surface area contributed by atoms with E-state index in [1.165, 1.54) is 12.2 Å². The van der Waals surface area contributed by atoms with Crippen LogP contribution in [0.1, 0.15) is 6.92 Å². The third-order valence-electron chi connectivity index (χ3n) is 2.15. The Labute approximate surface area is 90.0 Å². The number of urea groups is 1. The van der Waals surface area contributed by atoms with Crippen LogP contribution in [0.5, 0.6) is 0 Å². The lowest BCUT2D eigenvalue weighted by Crippen LogP contribution is -2.40. The minimum Gasteiger partial charge on any atom is -0.326 e. The smallest absolute Gasteiger partial charge is 0.326 e. The molecule has 0 aromatic heterocycles. The number of amides is 2. The van der Waals surface area contributed by atoms with Gasteiger partial charge in [-0.15, -0.1) is 0 Å². The number of rotatable bonds is 3. The van der Waals surface area contributed by atoms with Gasteiger partial charge in [-0.2, -0.15) is 5.06 Å². The number of para-hydroxylation sites is 1. The van der Waals surface area contributed by atoms with Gasteiger partial charge in [-0.05, 0) is 19.1 Å². The number of hydrogen-bond acceptors (Lipinski definition) is 2. The molecule has 15 heavy (non-hydrogen) atoms. The number of carbonyl (C=O) groups is 1. The van der Waals surface area contributed by atoms with Gasteiger partial charge in [0.15, 0.2) is 0 Å². The summed E-state index contributed by atoms with van der Waals surface area (Å²) >= 11 is 0. The Morgan fingerprint density at radius 3 is 2.40 bits per heavy atom. The number of benzene rings is 1. The van der Waals surface area contributed by atoms with E-state index < -0.39 is 0 Å². The second-order valence-corrected chi connectivity index (χ2v) is 3.11. The van der Waals surface area contributed by atoms with Gasteiger partial charge in [0.2, 0.25) is 0 Å². The summed E-state index contributed by atoms with van der Waals surface area (Å²) in [6.07, 6.45) is 0. The summed E-state index contributed by atoms with van der Waals surface area (Å²) in [6.45, 7) is 2.56. The lowest BCUT2D eigenvalue weighted by Gasteiger charge is -2.24. The van der Waals surface area contributed by atoms with Gasteiger partial charge in [-0.25, -0.2) is 4.79 Å². The topological polar surface area (TPSA) is 32.8 Å². The molecular weight excluding hydrogens is 192 g/mol. The van der Waals surface area contributed by atoms with Crippen molar-refractivity contribution in [2.75, 3.05) is 25.8 Å². The summed E-state index contributed by atoms with van der Waals surface area (Å²) in [6, 6.07) is 9.09. The average Bonchev–Trinajstić information content (AvgIpc) is 2.30. The fraction of sp³-hybridized carbons (Fsp3) is 0.364. The van der Waals surface area contributed by atoms with Crippen LogP contribution in [0.2, 0.25) is 0 Å². The molecule has 0 radical (unpaired) electrons. The van der Waals surface area contributed by atoms with Crippen molar-refractivity contribution in [2.24, 2.45) is 0 Å². The highest BCUT2D eigenvalue weighted by Crippen LogP contribution is 2.14. The Morgan fingerprint density at radius 1 is 1.33 bits per heavy atom. The van der Waals surface area contributed by atoms with Crippen molar-refractivity contribution in [3.05, 3.63) is 30.3 Å². The van der Waals surface area contributed by atoms with E-state index in [0.717, 1.165) is 5.69 Å².